The van der Waals surface area contributed by atoms with E-state index in [2.05, 4.69) is 29.3 Å². The van der Waals surface area contributed by atoms with E-state index < -0.39 is 5.60 Å². The van der Waals surface area contributed by atoms with Gasteiger partial charge in [0, 0.05) is 19.6 Å². The van der Waals surface area contributed by atoms with Crippen LogP contribution in [0.15, 0.2) is 18.2 Å². The fourth-order valence-corrected chi connectivity index (χ4v) is 2.89. The number of benzene rings is 1. The van der Waals surface area contributed by atoms with E-state index in [4.69, 9.17) is 0 Å². The van der Waals surface area contributed by atoms with Gasteiger partial charge in [-0.05, 0) is 50.4 Å². The number of rotatable bonds is 5. The van der Waals surface area contributed by atoms with Gasteiger partial charge in [-0.25, -0.2) is 0 Å². The van der Waals surface area contributed by atoms with Gasteiger partial charge in [-0.2, -0.15) is 5.26 Å². The molecular weight excluding hydrogens is 262 g/mol. The van der Waals surface area contributed by atoms with Crippen molar-refractivity contribution in [2.75, 3.05) is 24.5 Å². The van der Waals surface area contributed by atoms with Crippen molar-refractivity contribution in [2.45, 2.75) is 45.3 Å². The van der Waals surface area contributed by atoms with Crippen LogP contribution in [0.25, 0.3) is 0 Å². The second-order valence-electron chi connectivity index (χ2n) is 6.16. The molecule has 0 amide bonds. The standard InChI is InChI=1S/C17H25N3O/c1-3-8-19-12-14-5-6-16(15(10-14)11-18)20-9-4-7-17(2,21)13-20/h5-6,10,19,21H,3-4,7-9,12-13H2,1-2H3. The zero-order valence-corrected chi connectivity index (χ0v) is 13.0. The molecule has 1 aromatic rings. The summed E-state index contributed by atoms with van der Waals surface area (Å²) in [5, 5.41) is 23.0. The van der Waals surface area contributed by atoms with Crippen LogP contribution >= 0.6 is 0 Å². The van der Waals surface area contributed by atoms with Crippen LogP contribution in [0.5, 0.6) is 0 Å². The highest BCUT2D eigenvalue weighted by atomic mass is 16.3. The molecule has 1 aliphatic heterocycles. The Balaban J connectivity index is 2.14. The molecule has 0 aliphatic carbocycles. The summed E-state index contributed by atoms with van der Waals surface area (Å²) < 4.78 is 0. The van der Waals surface area contributed by atoms with E-state index in [9.17, 15) is 10.4 Å². The Morgan fingerprint density at radius 1 is 1.48 bits per heavy atom. The Hall–Kier alpha value is -1.57. The maximum Gasteiger partial charge on any atom is 0.101 e. The summed E-state index contributed by atoms with van der Waals surface area (Å²) in [6, 6.07) is 8.35. The van der Waals surface area contributed by atoms with Gasteiger partial charge in [-0.3, -0.25) is 0 Å². The second-order valence-corrected chi connectivity index (χ2v) is 6.16. The third-order valence-electron chi connectivity index (χ3n) is 3.95. The fourth-order valence-electron chi connectivity index (χ4n) is 2.89. The Bertz CT molecular complexity index is 519. The van der Waals surface area contributed by atoms with Crippen LogP contribution in [0, 0.1) is 11.3 Å². The lowest BCUT2D eigenvalue weighted by Gasteiger charge is -2.38. The van der Waals surface area contributed by atoms with Crippen LogP contribution in [0.4, 0.5) is 5.69 Å². The summed E-state index contributed by atoms with van der Waals surface area (Å²) in [7, 11) is 0. The minimum atomic E-state index is -0.660. The van der Waals surface area contributed by atoms with Crippen LogP contribution < -0.4 is 10.2 Å². The first-order valence-electron chi connectivity index (χ1n) is 7.77. The maximum atomic E-state index is 10.2. The van der Waals surface area contributed by atoms with Crippen molar-refractivity contribution in [3.8, 4) is 6.07 Å². The molecule has 2 rings (SSSR count). The van der Waals surface area contributed by atoms with E-state index in [1.54, 1.807) is 0 Å². The van der Waals surface area contributed by atoms with Gasteiger partial charge in [0.1, 0.15) is 6.07 Å². The predicted octanol–water partition coefficient (Wildman–Crippen LogP) is 2.41. The molecule has 0 aromatic heterocycles. The summed E-state index contributed by atoms with van der Waals surface area (Å²) >= 11 is 0. The molecule has 21 heavy (non-hydrogen) atoms. The number of β-amino-alcohol motifs (C(OH)–C–C–N with tert-alkyl or cyclic N) is 1. The molecule has 0 bridgehead atoms. The highest BCUT2D eigenvalue weighted by molar-refractivity contribution is 5.61. The molecule has 4 nitrogen and oxygen atoms in total. The number of hydrogen-bond donors (Lipinski definition) is 2. The Kier molecular flexibility index (Phi) is 5.22. The Labute approximate surface area is 127 Å². The van der Waals surface area contributed by atoms with Gasteiger partial charge in [0.25, 0.3) is 0 Å². The molecule has 0 radical (unpaired) electrons. The number of nitrogens with one attached hydrogen (secondary N) is 1. The third-order valence-corrected chi connectivity index (χ3v) is 3.95. The average Bonchev–Trinajstić information content (AvgIpc) is 2.46. The van der Waals surface area contributed by atoms with E-state index in [0.29, 0.717) is 12.1 Å². The number of aliphatic hydroxyl groups is 1. The number of nitrogens with zero attached hydrogens (tertiary/aromatic N) is 2. The van der Waals surface area contributed by atoms with E-state index in [1.165, 1.54) is 0 Å². The van der Waals surface area contributed by atoms with Crippen molar-refractivity contribution in [2.24, 2.45) is 0 Å². The molecule has 1 aliphatic rings. The van der Waals surface area contributed by atoms with E-state index >= 15 is 0 Å². The lowest BCUT2D eigenvalue weighted by Crippen LogP contribution is -2.46. The van der Waals surface area contributed by atoms with Gasteiger partial charge in [0.2, 0.25) is 0 Å². The summed E-state index contributed by atoms with van der Waals surface area (Å²) in [5.41, 5.74) is 2.11. The van der Waals surface area contributed by atoms with Crippen molar-refractivity contribution in [1.82, 2.24) is 5.32 Å². The zero-order chi connectivity index (χ0) is 15.3. The van der Waals surface area contributed by atoms with Crippen LogP contribution in [-0.4, -0.2) is 30.3 Å². The molecular formula is C17H25N3O. The molecule has 114 valence electrons. The predicted molar refractivity (Wildman–Crippen MR) is 85.2 cm³/mol. The van der Waals surface area contributed by atoms with Gasteiger partial charge in [0.05, 0.1) is 16.9 Å². The number of nitriles is 1. The SMILES string of the molecule is CCCNCc1ccc(N2CCCC(C)(O)C2)c(C#N)c1. The molecule has 1 atom stereocenters. The molecule has 1 aromatic carbocycles. The first-order chi connectivity index (χ1) is 10.1. The van der Waals surface area contributed by atoms with E-state index in [-0.39, 0.29) is 0 Å². The summed E-state index contributed by atoms with van der Waals surface area (Å²) in [5.74, 6) is 0. The quantitative estimate of drug-likeness (QED) is 0.817. The lowest BCUT2D eigenvalue weighted by molar-refractivity contribution is 0.0449. The van der Waals surface area contributed by atoms with Crippen molar-refractivity contribution in [3.63, 3.8) is 0 Å². The molecule has 2 N–H and O–H groups in total. The zero-order valence-electron chi connectivity index (χ0n) is 13.0. The summed E-state index contributed by atoms with van der Waals surface area (Å²) in [6.45, 7) is 7.28. The fraction of sp³-hybridized carbons (Fsp3) is 0.588. The van der Waals surface area contributed by atoms with E-state index in [1.807, 2.05) is 19.1 Å². The van der Waals surface area contributed by atoms with E-state index in [0.717, 1.165) is 50.1 Å². The second kappa shape index (κ2) is 6.93. The van der Waals surface area contributed by atoms with Crippen LogP contribution in [-0.2, 0) is 6.54 Å². The minimum Gasteiger partial charge on any atom is -0.388 e. The van der Waals surface area contributed by atoms with Crippen molar-refractivity contribution >= 4 is 5.69 Å². The maximum absolute atomic E-state index is 10.2. The minimum absolute atomic E-state index is 0.592. The molecule has 0 spiro atoms. The molecule has 1 unspecified atom stereocenters. The van der Waals surface area contributed by atoms with Crippen molar-refractivity contribution < 1.29 is 5.11 Å². The largest absolute Gasteiger partial charge is 0.388 e. The normalized spacial score (nSPS) is 22.1. The highest BCUT2D eigenvalue weighted by Crippen LogP contribution is 2.28. The summed E-state index contributed by atoms with van der Waals surface area (Å²) in [6.07, 6.45) is 2.88. The molecule has 4 heteroatoms. The Morgan fingerprint density at radius 3 is 2.95 bits per heavy atom. The first-order valence-corrected chi connectivity index (χ1v) is 7.77. The van der Waals surface area contributed by atoms with Gasteiger partial charge < -0.3 is 15.3 Å². The van der Waals surface area contributed by atoms with Crippen LogP contribution in [0.3, 0.4) is 0 Å². The smallest absolute Gasteiger partial charge is 0.101 e. The molecule has 1 heterocycles. The number of hydrogen-bond acceptors (Lipinski definition) is 4. The summed E-state index contributed by atoms with van der Waals surface area (Å²) in [4.78, 5) is 2.13. The van der Waals surface area contributed by atoms with Crippen LogP contribution in [0.2, 0.25) is 0 Å². The topological polar surface area (TPSA) is 59.3 Å². The third kappa shape index (κ3) is 4.20. The molecule has 0 saturated carbocycles. The van der Waals surface area contributed by atoms with Crippen molar-refractivity contribution in [1.29, 1.82) is 5.26 Å². The highest BCUT2D eigenvalue weighted by Gasteiger charge is 2.29. The lowest BCUT2D eigenvalue weighted by atomic mass is 9.94. The molecule has 1 saturated heterocycles. The Morgan fingerprint density at radius 2 is 2.29 bits per heavy atom. The van der Waals surface area contributed by atoms with Gasteiger partial charge in [-0.1, -0.05) is 13.0 Å². The molecule has 1 fully saturated rings. The van der Waals surface area contributed by atoms with Crippen LogP contribution in [0.1, 0.15) is 44.2 Å². The monoisotopic (exact) mass is 287 g/mol. The van der Waals surface area contributed by atoms with Gasteiger partial charge >= 0.3 is 0 Å². The number of piperidine rings is 1. The first kappa shape index (κ1) is 15.8. The average molecular weight is 287 g/mol. The number of anilines is 1. The van der Waals surface area contributed by atoms with Gasteiger partial charge in [-0.15, -0.1) is 0 Å². The van der Waals surface area contributed by atoms with Crippen molar-refractivity contribution in [3.05, 3.63) is 29.3 Å². The van der Waals surface area contributed by atoms with Gasteiger partial charge in [0.15, 0.2) is 0 Å².